The number of fused-ring (bicyclic) bond motifs is 1. The van der Waals surface area contributed by atoms with Crippen molar-refractivity contribution in [2.75, 3.05) is 6.54 Å². The van der Waals surface area contributed by atoms with Gasteiger partial charge in [0.15, 0.2) is 0 Å². The van der Waals surface area contributed by atoms with Crippen molar-refractivity contribution in [1.82, 2.24) is 4.90 Å². The highest BCUT2D eigenvalue weighted by molar-refractivity contribution is 7.53. The molecule has 0 bridgehead atoms. The summed E-state index contributed by atoms with van der Waals surface area (Å²) in [5.74, 6) is 0.980. The average Bonchev–Trinajstić information content (AvgIpc) is 2.93. The van der Waals surface area contributed by atoms with E-state index >= 15 is 0 Å². The summed E-state index contributed by atoms with van der Waals surface area (Å²) in [5.41, 5.74) is 3.98. The first-order valence-electron chi connectivity index (χ1n) is 12.2. The van der Waals surface area contributed by atoms with E-state index in [2.05, 4.69) is 0 Å². The van der Waals surface area contributed by atoms with Gasteiger partial charge < -0.3 is 18.7 Å². The van der Waals surface area contributed by atoms with E-state index in [4.69, 9.17) is 13.8 Å². The van der Waals surface area contributed by atoms with E-state index in [1.165, 1.54) is 0 Å². The Bertz CT molecular complexity index is 1330. The summed E-state index contributed by atoms with van der Waals surface area (Å²) in [7, 11) is -3.57. The SMILES string of the molecule is O=C(OCc1ccccc1)N1CCc2cc(CP(=O)(Oc3ccccc3)Oc3ccccc3)ccc2C1. The smallest absolute Gasteiger partial charge is 0.435 e. The lowest BCUT2D eigenvalue weighted by atomic mass is 9.98. The molecule has 0 radical (unpaired) electrons. The van der Waals surface area contributed by atoms with Gasteiger partial charge in [-0.1, -0.05) is 84.9 Å². The standard InChI is InChI=1S/C30H28NO5P/c32-30(34-22-24-10-4-1-5-11-24)31-19-18-26-20-25(16-17-27(26)21-31)23-37(33,35-28-12-6-2-7-13-28)36-29-14-8-3-9-15-29/h1-17,20H,18-19,21-23H2. The van der Waals surface area contributed by atoms with Gasteiger partial charge in [-0.2, -0.15) is 0 Å². The van der Waals surface area contributed by atoms with Crippen LogP contribution in [0.3, 0.4) is 0 Å². The Labute approximate surface area is 217 Å². The number of carbonyl (C=O) groups is 1. The molecule has 1 amide bonds. The first-order chi connectivity index (χ1) is 18.1. The molecule has 0 unspecified atom stereocenters. The fourth-order valence-corrected chi connectivity index (χ4v) is 5.96. The maximum absolute atomic E-state index is 13.9. The molecule has 1 aliphatic rings. The summed E-state index contributed by atoms with van der Waals surface area (Å²) < 4.78 is 31.3. The van der Waals surface area contributed by atoms with Gasteiger partial charge in [0.2, 0.25) is 0 Å². The maximum atomic E-state index is 13.9. The van der Waals surface area contributed by atoms with Crippen molar-refractivity contribution in [2.24, 2.45) is 0 Å². The van der Waals surface area contributed by atoms with E-state index in [0.717, 1.165) is 22.3 Å². The minimum atomic E-state index is -3.57. The van der Waals surface area contributed by atoms with Gasteiger partial charge in [0, 0.05) is 13.1 Å². The van der Waals surface area contributed by atoms with Gasteiger partial charge in [-0.05, 0) is 52.9 Å². The van der Waals surface area contributed by atoms with Gasteiger partial charge in [0.25, 0.3) is 0 Å². The Morgan fingerprint density at radius 2 is 1.32 bits per heavy atom. The molecule has 0 N–H and O–H groups in total. The third kappa shape index (κ3) is 6.60. The molecule has 0 fully saturated rings. The quantitative estimate of drug-likeness (QED) is 0.233. The van der Waals surface area contributed by atoms with Crippen molar-refractivity contribution >= 4 is 13.7 Å². The summed E-state index contributed by atoms with van der Waals surface area (Å²) in [6, 6.07) is 33.7. The van der Waals surface area contributed by atoms with Crippen LogP contribution in [0.15, 0.2) is 109 Å². The Kier molecular flexibility index (Phi) is 7.57. The lowest BCUT2D eigenvalue weighted by molar-refractivity contribution is 0.0918. The van der Waals surface area contributed by atoms with Crippen LogP contribution in [-0.4, -0.2) is 17.5 Å². The van der Waals surface area contributed by atoms with Gasteiger partial charge in [-0.25, -0.2) is 9.36 Å². The van der Waals surface area contributed by atoms with E-state index < -0.39 is 7.60 Å². The van der Waals surface area contributed by atoms with Gasteiger partial charge >= 0.3 is 13.7 Å². The number of hydrogen-bond acceptors (Lipinski definition) is 5. The molecular weight excluding hydrogens is 485 g/mol. The molecule has 0 aromatic heterocycles. The van der Waals surface area contributed by atoms with Crippen LogP contribution in [0.1, 0.15) is 22.3 Å². The first kappa shape index (κ1) is 24.7. The fourth-order valence-electron chi connectivity index (χ4n) is 4.26. The molecule has 6 nitrogen and oxygen atoms in total. The molecule has 4 aromatic carbocycles. The van der Waals surface area contributed by atoms with Crippen LogP contribution in [0.25, 0.3) is 0 Å². The third-order valence-corrected chi connectivity index (χ3v) is 7.83. The van der Waals surface area contributed by atoms with Gasteiger partial charge in [0.1, 0.15) is 18.1 Å². The Balaban J connectivity index is 1.27. The number of rotatable bonds is 8. The molecule has 1 heterocycles. The second kappa shape index (κ2) is 11.4. The molecule has 7 heteroatoms. The molecule has 0 aliphatic carbocycles. The molecule has 5 rings (SSSR count). The molecular formula is C30H28NO5P. The molecule has 0 spiro atoms. The predicted octanol–water partition coefficient (Wildman–Crippen LogP) is 7.23. The third-order valence-electron chi connectivity index (χ3n) is 6.10. The highest BCUT2D eigenvalue weighted by atomic mass is 31.2. The lowest BCUT2D eigenvalue weighted by Crippen LogP contribution is -2.36. The minimum absolute atomic E-state index is 0.118. The van der Waals surface area contributed by atoms with Crippen molar-refractivity contribution < 1.29 is 23.1 Å². The van der Waals surface area contributed by atoms with Crippen LogP contribution in [0, 0.1) is 0 Å². The Morgan fingerprint density at radius 3 is 1.95 bits per heavy atom. The number of ether oxygens (including phenoxy) is 1. The van der Waals surface area contributed by atoms with Crippen LogP contribution in [0.2, 0.25) is 0 Å². The van der Waals surface area contributed by atoms with E-state index in [1.54, 1.807) is 29.2 Å². The second-order valence-electron chi connectivity index (χ2n) is 8.89. The highest BCUT2D eigenvalue weighted by Crippen LogP contribution is 2.51. The summed E-state index contributed by atoms with van der Waals surface area (Å²) in [4.78, 5) is 14.3. The predicted molar refractivity (Wildman–Crippen MR) is 143 cm³/mol. The van der Waals surface area contributed by atoms with E-state index in [1.807, 2.05) is 84.9 Å². The second-order valence-corrected chi connectivity index (χ2v) is 10.8. The summed E-state index contributed by atoms with van der Waals surface area (Å²) in [5, 5.41) is 0. The van der Waals surface area contributed by atoms with Crippen LogP contribution in [0.5, 0.6) is 11.5 Å². The van der Waals surface area contributed by atoms with Gasteiger partial charge in [-0.3, -0.25) is 0 Å². The van der Waals surface area contributed by atoms with Crippen LogP contribution >= 0.6 is 7.60 Å². The number of hydrogen-bond donors (Lipinski definition) is 0. The topological polar surface area (TPSA) is 65.1 Å². The normalized spacial score (nSPS) is 12.9. The van der Waals surface area contributed by atoms with Crippen molar-refractivity contribution in [1.29, 1.82) is 0 Å². The lowest BCUT2D eigenvalue weighted by Gasteiger charge is -2.29. The zero-order valence-electron chi connectivity index (χ0n) is 20.4. The van der Waals surface area contributed by atoms with Crippen LogP contribution in [-0.2, 0) is 35.0 Å². The molecule has 1 aliphatic heterocycles. The first-order valence-corrected chi connectivity index (χ1v) is 13.9. The van der Waals surface area contributed by atoms with E-state index in [-0.39, 0.29) is 18.9 Å². The van der Waals surface area contributed by atoms with Crippen LogP contribution < -0.4 is 9.05 Å². The molecule has 0 atom stereocenters. The Morgan fingerprint density at radius 1 is 0.730 bits per heavy atom. The fraction of sp³-hybridized carbons (Fsp3) is 0.167. The molecule has 0 saturated heterocycles. The number of nitrogens with zero attached hydrogens (tertiary/aromatic N) is 1. The largest absolute Gasteiger partial charge is 0.445 e. The van der Waals surface area contributed by atoms with Crippen molar-refractivity contribution in [3.63, 3.8) is 0 Å². The van der Waals surface area contributed by atoms with Crippen LogP contribution in [0.4, 0.5) is 4.79 Å². The Hall–Kier alpha value is -4.02. The molecule has 188 valence electrons. The minimum Gasteiger partial charge on any atom is -0.445 e. The van der Waals surface area contributed by atoms with Crippen molar-refractivity contribution in [3.05, 3.63) is 131 Å². The van der Waals surface area contributed by atoms with E-state index in [9.17, 15) is 9.36 Å². The maximum Gasteiger partial charge on any atom is 0.435 e. The van der Waals surface area contributed by atoms with Gasteiger partial charge in [0.05, 0.1) is 6.16 Å². The van der Waals surface area contributed by atoms with Gasteiger partial charge in [-0.15, -0.1) is 0 Å². The van der Waals surface area contributed by atoms with E-state index in [0.29, 0.717) is 31.0 Å². The zero-order valence-corrected chi connectivity index (χ0v) is 21.3. The van der Waals surface area contributed by atoms with Crippen molar-refractivity contribution in [3.8, 4) is 11.5 Å². The summed E-state index contributed by atoms with van der Waals surface area (Å²) >= 11 is 0. The zero-order chi connectivity index (χ0) is 25.5. The van der Waals surface area contributed by atoms with Crippen molar-refractivity contribution in [2.45, 2.75) is 25.7 Å². The molecule has 4 aromatic rings. The highest BCUT2D eigenvalue weighted by Gasteiger charge is 2.30. The number of para-hydroxylation sites is 2. The summed E-state index contributed by atoms with van der Waals surface area (Å²) in [6.07, 6.45) is 0.482. The monoisotopic (exact) mass is 513 g/mol. The average molecular weight is 514 g/mol. The number of benzene rings is 4. The molecule has 37 heavy (non-hydrogen) atoms. The summed E-state index contributed by atoms with van der Waals surface area (Å²) in [6.45, 7) is 1.28. The number of amides is 1. The number of carbonyl (C=O) groups excluding carboxylic acids is 1. The molecule has 0 saturated carbocycles.